The van der Waals surface area contributed by atoms with Crippen LogP contribution < -0.4 is 4.74 Å². The summed E-state index contributed by atoms with van der Waals surface area (Å²) in [6.07, 6.45) is 2.53. The first-order chi connectivity index (χ1) is 12.6. The highest BCUT2D eigenvalue weighted by atomic mass is 16.5. The third-order valence-electron chi connectivity index (χ3n) is 4.23. The summed E-state index contributed by atoms with van der Waals surface area (Å²) < 4.78 is 15.8. The van der Waals surface area contributed by atoms with Crippen LogP contribution in [0.4, 0.5) is 0 Å². The molecule has 2 aromatic carbocycles. The lowest BCUT2D eigenvalue weighted by Gasteiger charge is -2.07. The SMILES string of the molecule is CCc1ccc2c(CC(=O)OCC(=O)c3ccccc3OC)coc2c1. The maximum absolute atomic E-state index is 12.2. The number of aryl methyl sites for hydroxylation is 1. The third-order valence-corrected chi connectivity index (χ3v) is 4.23. The number of ketones is 1. The molecule has 0 unspecified atom stereocenters. The fourth-order valence-electron chi connectivity index (χ4n) is 2.79. The van der Waals surface area contributed by atoms with Crippen molar-refractivity contribution in [3.63, 3.8) is 0 Å². The smallest absolute Gasteiger partial charge is 0.310 e. The average Bonchev–Trinajstić information content (AvgIpc) is 3.07. The van der Waals surface area contributed by atoms with Gasteiger partial charge < -0.3 is 13.9 Å². The van der Waals surface area contributed by atoms with Gasteiger partial charge in [0.1, 0.15) is 11.3 Å². The molecule has 5 heteroatoms. The quantitative estimate of drug-likeness (QED) is 0.475. The minimum Gasteiger partial charge on any atom is -0.496 e. The highest BCUT2D eigenvalue weighted by molar-refractivity contribution is 6.00. The third kappa shape index (κ3) is 3.77. The van der Waals surface area contributed by atoms with Gasteiger partial charge >= 0.3 is 5.97 Å². The summed E-state index contributed by atoms with van der Waals surface area (Å²) in [6.45, 7) is 1.75. The van der Waals surface area contributed by atoms with Crippen LogP contribution in [0, 0.1) is 0 Å². The van der Waals surface area contributed by atoms with Crippen LogP contribution in [0.1, 0.15) is 28.4 Å². The fraction of sp³-hybridized carbons (Fsp3) is 0.238. The highest BCUT2D eigenvalue weighted by Gasteiger charge is 2.16. The van der Waals surface area contributed by atoms with E-state index in [1.54, 1.807) is 30.5 Å². The maximum Gasteiger partial charge on any atom is 0.310 e. The Bertz CT molecular complexity index is 938. The Balaban J connectivity index is 1.63. The molecule has 0 aliphatic rings. The number of benzene rings is 2. The molecule has 0 saturated heterocycles. The largest absolute Gasteiger partial charge is 0.496 e. The number of esters is 1. The summed E-state index contributed by atoms with van der Waals surface area (Å²) in [7, 11) is 1.49. The molecule has 1 heterocycles. The Morgan fingerprint density at radius 1 is 1.12 bits per heavy atom. The number of carbonyl (C=O) groups is 2. The van der Waals surface area contributed by atoms with E-state index >= 15 is 0 Å². The predicted molar refractivity (Wildman–Crippen MR) is 97.6 cm³/mol. The minimum absolute atomic E-state index is 0.0533. The summed E-state index contributed by atoms with van der Waals surface area (Å²) in [5.41, 5.74) is 3.06. The molecule has 0 aliphatic heterocycles. The number of Topliss-reactive ketones (excluding diaryl/α,β-unsaturated/α-hetero) is 1. The van der Waals surface area contributed by atoms with Gasteiger partial charge in [0.15, 0.2) is 6.61 Å². The fourth-order valence-corrected chi connectivity index (χ4v) is 2.79. The summed E-state index contributed by atoms with van der Waals surface area (Å²) in [5, 5.41) is 0.884. The number of hydrogen-bond donors (Lipinski definition) is 0. The molecule has 0 fully saturated rings. The van der Waals surface area contributed by atoms with Gasteiger partial charge in [0.2, 0.25) is 5.78 Å². The van der Waals surface area contributed by atoms with Crippen LogP contribution in [0.5, 0.6) is 5.75 Å². The van der Waals surface area contributed by atoms with Gasteiger partial charge in [-0.25, -0.2) is 0 Å². The Kier molecular flexibility index (Phi) is 5.37. The minimum atomic E-state index is -0.476. The lowest BCUT2D eigenvalue weighted by molar-refractivity contribution is -0.141. The van der Waals surface area contributed by atoms with Crippen molar-refractivity contribution in [1.82, 2.24) is 0 Å². The first kappa shape index (κ1) is 17.7. The van der Waals surface area contributed by atoms with Gasteiger partial charge in [0.25, 0.3) is 0 Å². The van der Waals surface area contributed by atoms with Gasteiger partial charge in [0.05, 0.1) is 25.4 Å². The first-order valence-corrected chi connectivity index (χ1v) is 8.43. The zero-order valence-electron chi connectivity index (χ0n) is 14.8. The van der Waals surface area contributed by atoms with Crippen molar-refractivity contribution in [2.45, 2.75) is 19.8 Å². The van der Waals surface area contributed by atoms with E-state index in [0.29, 0.717) is 11.3 Å². The summed E-state index contributed by atoms with van der Waals surface area (Å²) in [6, 6.07) is 12.8. The molecule has 26 heavy (non-hydrogen) atoms. The number of rotatable bonds is 7. The topological polar surface area (TPSA) is 65.7 Å². The molecule has 134 valence electrons. The lowest BCUT2D eigenvalue weighted by Crippen LogP contribution is -2.16. The van der Waals surface area contributed by atoms with Crippen LogP contribution in [-0.2, 0) is 22.4 Å². The Morgan fingerprint density at radius 2 is 1.92 bits per heavy atom. The van der Waals surface area contributed by atoms with Gasteiger partial charge in [-0.3, -0.25) is 9.59 Å². The Morgan fingerprint density at radius 3 is 2.69 bits per heavy atom. The van der Waals surface area contributed by atoms with E-state index < -0.39 is 5.97 Å². The van der Waals surface area contributed by atoms with E-state index in [4.69, 9.17) is 13.9 Å². The van der Waals surface area contributed by atoms with Gasteiger partial charge in [0, 0.05) is 10.9 Å². The number of para-hydroxylation sites is 1. The number of furan rings is 1. The number of fused-ring (bicyclic) bond motifs is 1. The first-order valence-electron chi connectivity index (χ1n) is 8.43. The molecule has 3 rings (SSSR count). The van der Waals surface area contributed by atoms with Gasteiger partial charge in [-0.05, 0) is 30.2 Å². The maximum atomic E-state index is 12.2. The molecule has 0 bridgehead atoms. The van der Waals surface area contributed by atoms with Crippen molar-refractivity contribution in [1.29, 1.82) is 0 Å². The van der Waals surface area contributed by atoms with Crippen molar-refractivity contribution < 1.29 is 23.5 Å². The molecule has 0 spiro atoms. The molecule has 0 radical (unpaired) electrons. The van der Waals surface area contributed by atoms with Gasteiger partial charge in [-0.1, -0.05) is 31.2 Å². The molecular formula is C21H20O5. The van der Waals surface area contributed by atoms with Crippen LogP contribution in [0.3, 0.4) is 0 Å². The molecule has 0 N–H and O–H groups in total. The average molecular weight is 352 g/mol. The van der Waals surface area contributed by atoms with Crippen molar-refractivity contribution in [3.05, 3.63) is 65.4 Å². The number of hydrogen-bond acceptors (Lipinski definition) is 5. The summed E-state index contributed by atoms with van der Waals surface area (Å²) in [4.78, 5) is 24.4. The van der Waals surface area contributed by atoms with E-state index in [1.807, 2.05) is 18.2 Å². The van der Waals surface area contributed by atoms with Crippen molar-refractivity contribution in [2.24, 2.45) is 0 Å². The Hall–Kier alpha value is -3.08. The van der Waals surface area contributed by atoms with E-state index in [9.17, 15) is 9.59 Å². The van der Waals surface area contributed by atoms with E-state index in [1.165, 1.54) is 12.7 Å². The summed E-state index contributed by atoms with van der Waals surface area (Å²) >= 11 is 0. The van der Waals surface area contributed by atoms with Crippen LogP contribution >= 0.6 is 0 Å². The molecule has 0 amide bonds. The standard InChI is InChI=1S/C21H20O5/c1-3-14-8-9-16-15(12-25-20(16)10-14)11-21(23)26-13-18(22)17-6-4-5-7-19(17)24-2/h4-10,12H,3,11,13H2,1-2H3. The second-order valence-corrected chi connectivity index (χ2v) is 5.91. The molecule has 5 nitrogen and oxygen atoms in total. The van der Waals surface area contributed by atoms with Crippen LogP contribution in [0.15, 0.2) is 53.1 Å². The van der Waals surface area contributed by atoms with Gasteiger partial charge in [-0.15, -0.1) is 0 Å². The van der Waals surface area contributed by atoms with E-state index in [2.05, 4.69) is 6.92 Å². The van der Waals surface area contributed by atoms with Crippen molar-refractivity contribution in [3.8, 4) is 5.75 Å². The molecule has 0 saturated carbocycles. The lowest BCUT2D eigenvalue weighted by atomic mass is 10.1. The molecular weight excluding hydrogens is 332 g/mol. The number of methoxy groups -OCH3 is 1. The van der Waals surface area contributed by atoms with E-state index in [0.717, 1.165) is 23.0 Å². The molecule has 0 aliphatic carbocycles. The number of ether oxygens (including phenoxy) is 2. The van der Waals surface area contributed by atoms with Crippen LogP contribution in [-0.4, -0.2) is 25.5 Å². The van der Waals surface area contributed by atoms with Crippen LogP contribution in [0.25, 0.3) is 11.0 Å². The number of carbonyl (C=O) groups excluding carboxylic acids is 2. The zero-order chi connectivity index (χ0) is 18.5. The van der Waals surface area contributed by atoms with Crippen LogP contribution in [0.2, 0.25) is 0 Å². The molecule has 1 aromatic heterocycles. The highest BCUT2D eigenvalue weighted by Crippen LogP contribution is 2.23. The van der Waals surface area contributed by atoms with Gasteiger partial charge in [-0.2, -0.15) is 0 Å². The monoisotopic (exact) mass is 352 g/mol. The molecule has 3 aromatic rings. The second kappa shape index (κ2) is 7.87. The second-order valence-electron chi connectivity index (χ2n) is 5.91. The Labute approximate surface area is 151 Å². The summed E-state index contributed by atoms with van der Waals surface area (Å²) in [5.74, 6) is -0.322. The van der Waals surface area contributed by atoms with E-state index in [-0.39, 0.29) is 18.8 Å². The predicted octanol–water partition coefficient (Wildman–Crippen LogP) is 3.97. The van der Waals surface area contributed by atoms with Crippen molar-refractivity contribution in [2.75, 3.05) is 13.7 Å². The molecule has 0 atom stereocenters. The van der Waals surface area contributed by atoms with Crippen molar-refractivity contribution >= 4 is 22.7 Å². The normalized spacial score (nSPS) is 10.7. The zero-order valence-corrected chi connectivity index (χ0v) is 14.8.